The number of hydrogen-bond donors (Lipinski definition) is 1. The van der Waals surface area contributed by atoms with E-state index in [0.29, 0.717) is 43.3 Å². The Kier molecular flexibility index (Phi) is 13.2. The van der Waals surface area contributed by atoms with Crippen LogP contribution in [0.3, 0.4) is 0 Å². The number of carbonyl (C=O) groups is 1. The third-order valence-corrected chi connectivity index (χ3v) is 7.95. The molecule has 0 aliphatic carbocycles. The summed E-state index contributed by atoms with van der Waals surface area (Å²) >= 11 is 0. The van der Waals surface area contributed by atoms with Crippen molar-refractivity contribution in [3.05, 3.63) is 29.3 Å². The van der Waals surface area contributed by atoms with Gasteiger partial charge < -0.3 is 27.9 Å². The maximum absolute atomic E-state index is 11.7. The summed E-state index contributed by atoms with van der Waals surface area (Å²) in [6, 6.07) is 6.16. The van der Waals surface area contributed by atoms with Crippen LogP contribution in [0.1, 0.15) is 58.4 Å². The Morgan fingerprint density at radius 2 is 1.48 bits per heavy atom. The molecule has 0 fully saturated rings. The van der Waals surface area contributed by atoms with Gasteiger partial charge in [-0.25, -0.2) is 4.79 Å². The molecule has 0 radical (unpaired) electrons. The molecule has 0 aliphatic rings. The molecule has 1 aromatic rings. The largest absolute Gasteiger partial charge is 0.500 e. The highest BCUT2D eigenvalue weighted by atomic mass is 28.4. The number of benzene rings is 1. The first kappa shape index (κ1) is 27.2. The van der Waals surface area contributed by atoms with E-state index in [2.05, 4.69) is 0 Å². The lowest BCUT2D eigenvalue weighted by molar-refractivity contribution is -0.132. The van der Waals surface area contributed by atoms with Gasteiger partial charge in [-0.1, -0.05) is 18.9 Å². The smallest absolute Gasteiger partial charge is 0.493 e. The monoisotopic (exact) mass is 454 g/mol. The number of unbranched alkanes of at least 4 members (excludes halogenated alkanes) is 3. The van der Waals surface area contributed by atoms with E-state index >= 15 is 0 Å². The quantitative estimate of drug-likeness (QED) is 0.197. The van der Waals surface area contributed by atoms with Gasteiger partial charge in [0.1, 0.15) is 0 Å². The molecule has 176 valence electrons. The van der Waals surface area contributed by atoms with Crippen LogP contribution in [0.5, 0.6) is 11.5 Å². The van der Waals surface area contributed by atoms with E-state index in [-0.39, 0.29) is 0 Å². The zero-order chi connectivity index (χ0) is 23.1. The fourth-order valence-corrected chi connectivity index (χ4v) is 6.08. The maximum atomic E-state index is 11.7. The standard InChI is InChI=1S/C23H38O7Si/c1-6-28-31(29-7-2,30-8-3)16-12-10-9-11-13-20(23(24)25)17-19-14-15-21(26-4)22(18-19)27-5/h14-15,17-18H,6-13,16H2,1-5H3,(H,24,25). The van der Waals surface area contributed by atoms with Crippen molar-refractivity contribution in [2.45, 2.75) is 58.9 Å². The van der Waals surface area contributed by atoms with Crippen LogP contribution in [-0.4, -0.2) is 53.9 Å². The van der Waals surface area contributed by atoms with E-state index in [1.165, 1.54) is 0 Å². The van der Waals surface area contributed by atoms with Crippen molar-refractivity contribution < 1.29 is 32.7 Å². The van der Waals surface area contributed by atoms with Gasteiger partial charge in [0.15, 0.2) is 11.5 Å². The van der Waals surface area contributed by atoms with Gasteiger partial charge in [0.2, 0.25) is 0 Å². The Morgan fingerprint density at radius 1 is 0.903 bits per heavy atom. The van der Waals surface area contributed by atoms with Crippen LogP contribution < -0.4 is 9.47 Å². The SMILES string of the molecule is CCO[Si](CCCCCCC(=Cc1ccc(OC)c(OC)c1)C(=O)O)(OCC)OCC. The van der Waals surface area contributed by atoms with Crippen molar-refractivity contribution in [3.8, 4) is 11.5 Å². The first-order valence-corrected chi connectivity index (χ1v) is 13.0. The minimum atomic E-state index is -2.59. The van der Waals surface area contributed by atoms with E-state index in [9.17, 15) is 9.90 Å². The van der Waals surface area contributed by atoms with Gasteiger partial charge in [-0.05, 0) is 63.8 Å². The zero-order valence-corrected chi connectivity index (χ0v) is 20.6. The Labute approximate surface area is 187 Å². The van der Waals surface area contributed by atoms with E-state index in [1.54, 1.807) is 32.4 Å². The van der Waals surface area contributed by atoms with Crippen LogP contribution in [-0.2, 0) is 18.1 Å². The number of rotatable bonds is 17. The van der Waals surface area contributed by atoms with Gasteiger partial charge in [-0.3, -0.25) is 0 Å². The number of methoxy groups -OCH3 is 2. The Morgan fingerprint density at radius 3 is 2.00 bits per heavy atom. The lowest BCUT2D eigenvalue weighted by Gasteiger charge is -2.28. The van der Waals surface area contributed by atoms with Gasteiger partial charge in [0, 0.05) is 31.4 Å². The van der Waals surface area contributed by atoms with Gasteiger partial charge in [0.05, 0.1) is 14.2 Å². The predicted molar refractivity (Wildman–Crippen MR) is 124 cm³/mol. The summed E-state index contributed by atoms with van der Waals surface area (Å²) in [4.78, 5) is 11.7. The fraction of sp³-hybridized carbons (Fsp3) is 0.609. The number of carboxylic acid groups (broad SMARTS) is 1. The van der Waals surface area contributed by atoms with Crippen LogP contribution in [0.25, 0.3) is 6.08 Å². The van der Waals surface area contributed by atoms with Crippen molar-refractivity contribution in [1.29, 1.82) is 0 Å². The Bertz CT molecular complexity index is 673. The minimum Gasteiger partial charge on any atom is -0.493 e. The first-order chi connectivity index (χ1) is 14.9. The third kappa shape index (κ3) is 9.43. The van der Waals surface area contributed by atoms with Crippen LogP contribution >= 0.6 is 0 Å². The van der Waals surface area contributed by atoms with Crippen molar-refractivity contribution >= 4 is 20.8 Å². The summed E-state index contributed by atoms with van der Waals surface area (Å²) in [5.74, 6) is 0.291. The summed E-state index contributed by atoms with van der Waals surface area (Å²) in [5.41, 5.74) is 1.16. The van der Waals surface area contributed by atoms with Crippen LogP contribution in [0.2, 0.25) is 6.04 Å². The number of ether oxygens (including phenoxy) is 2. The average molecular weight is 455 g/mol. The molecule has 0 bridgehead atoms. The average Bonchev–Trinajstić information content (AvgIpc) is 2.75. The van der Waals surface area contributed by atoms with Crippen molar-refractivity contribution in [2.24, 2.45) is 0 Å². The second-order valence-corrected chi connectivity index (χ2v) is 9.72. The summed E-state index contributed by atoms with van der Waals surface area (Å²) < 4.78 is 28.2. The maximum Gasteiger partial charge on any atom is 0.500 e. The molecular weight excluding hydrogens is 416 g/mol. The molecule has 31 heavy (non-hydrogen) atoms. The number of aliphatic carboxylic acids is 1. The topological polar surface area (TPSA) is 83.5 Å². The molecule has 7 nitrogen and oxygen atoms in total. The highest BCUT2D eigenvalue weighted by Gasteiger charge is 2.39. The Hall–Kier alpha value is -1.87. The molecule has 0 heterocycles. The summed E-state index contributed by atoms with van der Waals surface area (Å²) in [6.07, 6.45) is 5.86. The number of carboxylic acids is 1. The minimum absolute atomic E-state index is 0.383. The second kappa shape index (κ2) is 15.0. The van der Waals surface area contributed by atoms with Crippen LogP contribution in [0.15, 0.2) is 23.8 Å². The molecule has 0 saturated heterocycles. The molecule has 0 amide bonds. The Balaban J connectivity index is 2.60. The number of hydrogen-bond acceptors (Lipinski definition) is 6. The van der Waals surface area contributed by atoms with Crippen LogP contribution in [0.4, 0.5) is 0 Å². The highest BCUT2D eigenvalue weighted by molar-refractivity contribution is 6.60. The molecular formula is C23H38O7Si. The van der Waals surface area contributed by atoms with Gasteiger partial charge >= 0.3 is 14.8 Å². The van der Waals surface area contributed by atoms with Crippen LogP contribution in [0, 0.1) is 0 Å². The molecule has 0 aliphatic heterocycles. The lowest BCUT2D eigenvalue weighted by Crippen LogP contribution is -2.45. The molecule has 1 aromatic carbocycles. The summed E-state index contributed by atoms with van der Waals surface area (Å²) in [7, 11) is 0.537. The molecule has 1 rings (SSSR count). The fourth-order valence-electron chi connectivity index (χ4n) is 3.40. The van der Waals surface area contributed by atoms with Gasteiger partial charge in [-0.15, -0.1) is 0 Å². The molecule has 0 saturated carbocycles. The third-order valence-electron chi connectivity index (χ3n) is 4.80. The first-order valence-electron chi connectivity index (χ1n) is 11.0. The van der Waals surface area contributed by atoms with E-state index < -0.39 is 14.8 Å². The zero-order valence-electron chi connectivity index (χ0n) is 19.6. The molecule has 0 unspecified atom stereocenters. The normalized spacial score (nSPS) is 12.1. The molecule has 0 atom stereocenters. The highest BCUT2D eigenvalue weighted by Crippen LogP contribution is 2.29. The summed E-state index contributed by atoms with van der Waals surface area (Å²) in [5, 5.41) is 9.58. The molecule has 8 heteroatoms. The summed E-state index contributed by atoms with van der Waals surface area (Å²) in [6.45, 7) is 7.60. The molecule has 1 N–H and O–H groups in total. The molecule has 0 spiro atoms. The predicted octanol–water partition coefficient (Wildman–Crippen LogP) is 5.17. The van der Waals surface area contributed by atoms with E-state index in [4.69, 9.17) is 22.8 Å². The second-order valence-electron chi connectivity index (χ2n) is 6.99. The van der Waals surface area contributed by atoms with Crippen molar-refractivity contribution in [1.82, 2.24) is 0 Å². The lowest BCUT2D eigenvalue weighted by atomic mass is 10.0. The van der Waals surface area contributed by atoms with Crippen molar-refractivity contribution in [2.75, 3.05) is 34.0 Å². The van der Waals surface area contributed by atoms with E-state index in [0.717, 1.165) is 37.3 Å². The van der Waals surface area contributed by atoms with Crippen molar-refractivity contribution in [3.63, 3.8) is 0 Å². The van der Waals surface area contributed by atoms with E-state index in [1.807, 2.05) is 26.8 Å². The van der Waals surface area contributed by atoms with Gasteiger partial charge in [-0.2, -0.15) is 0 Å². The molecule has 0 aromatic heterocycles. The van der Waals surface area contributed by atoms with Gasteiger partial charge in [0.25, 0.3) is 0 Å².